The van der Waals surface area contributed by atoms with Crippen molar-refractivity contribution in [1.82, 2.24) is 10.6 Å². The monoisotopic (exact) mass is 336 g/mol. The second-order valence-corrected chi connectivity index (χ2v) is 5.57. The summed E-state index contributed by atoms with van der Waals surface area (Å²) < 4.78 is 13.5. The molecular weight excluding hydrogens is 319 g/mol. The Bertz CT molecular complexity index is 667. The maximum absolute atomic E-state index is 13.5. The molecule has 0 bridgehead atoms. The van der Waals surface area contributed by atoms with E-state index in [1.54, 1.807) is 6.07 Å². The Morgan fingerprint density at radius 1 is 1.17 bits per heavy atom. The third-order valence-electron chi connectivity index (χ3n) is 3.48. The van der Waals surface area contributed by atoms with E-state index in [2.05, 4.69) is 10.6 Å². The van der Waals surface area contributed by atoms with Crippen LogP contribution in [0.25, 0.3) is 0 Å². The molecule has 2 atom stereocenters. The minimum absolute atomic E-state index is 0.00686. The summed E-state index contributed by atoms with van der Waals surface area (Å²) in [5.41, 5.74) is 1.40. The number of aliphatic hydroxyl groups excluding tert-OH is 1. The average Bonchev–Trinajstić information content (AvgIpc) is 2.56. The van der Waals surface area contributed by atoms with Crippen molar-refractivity contribution < 1.29 is 14.3 Å². The molecule has 2 rings (SSSR count). The van der Waals surface area contributed by atoms with Gasteiger partial charge >= 0.3 is 6.03 Å². The fraction of sp³-hybridized carbons (Fsp3) is 0.235. The summed E-state index contributed by atoms with van der Waals surface area (Å²) in [5, 5.41) is 14.8. The van der Waals surface area contributed by atoms with Crippen molar-refractivity contribution in [1.29, 1.82) is 0 Å². The molecule has 3 N–H and O–H groups in total. The van der Waals surface area contributed by atoms with Crippen LogP contribution in [0.4, 0.5) is 9.18 Å². The molecule has 0 aliphatic rings. The van der Waals surface area contributed by atoms with E-state index in [9.17, 15) is 14.3 Å². The Labute approximate surface area is 139 Å². The SMILES string of the molecule is CC(NC(=O)NC(CO)c1ccc(Cl)c(F)c1)c1ccccc1. The third kappa shape index (κ3) is 4.68. The van der Waals surface area contributed by atoms with Gasteiger partial charge in [0.2, 0.25) is 0 Å². The van der Waals surface area contributed by atoms with E-state index in [-0.39, 0.29) is 17.7 Å². The van der Waals surface area contributed by atoms with Crippen LogP contribution in [0.1, 0.15) is 30.1 Å². The Balaban J connectivity index is 2.01. The van der Waals surface area contributed by atoms with Crippen LogP contribution >= 0.6 is 11.6 Å². The van der Waals surface area contributed by atoms with Gasteiger partial charge in [0.1, 0.15) is 5.82 Å². The van der Waals surface area contributed by atoms with Gasteiger partial charge in [-0.1, -0.05) is 48.0 Å². The standard InChI is InChI=1S/C17H18ClFN2O2/c1-11(12-5-3-2-4-6-12)20-17(23)21-16(10-22)13-7-8-14(18)15(19)9-13/h2-9,11,16,22H,10H2,1H3,(H2,20,21,23). The fourth-order valence-electron chi connectivity index (χ4n) is 2.19. The molecule has 0 spiro atoms. The zero-order valence-corrected chi connectivity index (χ0v) is 13.3. The van der Waals surface area contributed by atoms with Gasteiger partial charge in [-0.15, -0.1) is 0 Å². The molecule has 2 unspecified atom stereocenters. The Hall–Kier alpha value is -2.11. The van der Waals surface area contributed by atoms with Crippen LogP contribution in [0, 0.1) is 5.82 Å². The van der Waals surface area contributed by atoms with Crippen LogP contribution in [0.3, 0.4) is 0 Å². The van der Waals surface area contributed by atoms with Crippen molar-refractivity contribution in [3.8, 4) is 0 Å². The zero-order chi connectivity index (χ0) is 16.8. The largest absolute Gasteiger partial charge is 0.394 e. The second kappa shape index (κ2) is 7.94. The van der Waals surface area contributed by atoms with Gasteiger partial charge in [0.25, 0.3) is 0 Å². The Morgan fingerprint density at radius 2 is 1.87 bits per heavy atom. The van der Waals surface area contributed by atoms with E-state index >= 15 is 0 Å². The van der Waals surface area contributed by atoms with Gasteiger partial charge < -0.3 is 15.7 Å². The Morgan fingerprint density at radius 3 is 2.48 bits per heavy atom. The third-order valence-corrected chi connectivity index (χ3v) is 3.79. The first-order valence-corrected chi connectivity index (χ1v) is 7.57. The second-order valence-electron chi connectivity index (χ2n) is 5.16. The molecule has 4 nitrogen and oxygen atoms in total. The fourth-order valence-corrected chi connectivity index (χ4v) is 2.30. The summed E-state index contributed by atoms with van der Waals surface area (Å²) in [4.78, 5) is 12.1. The lowest BCUT2D eigenvalue weighted by Gasteiger charge is -2.20. The molecule has 2 aromatic carbocycles. The first-order chi connectivity index (χ1) is 11.0. The summed E-state index contributed by atoms with van der Waals surface area (Å²) in [7, 11) is 0. The van der Waals surface area contributed by atoms with Gasteiger partial charge in [-0.25, -0.2) is 9.18 Å². The van der Waals surface area contributed by atoms with Crippen LogP contribution in [0.2, 0.25) is 5.02 Å². The zero-order valence-electron chi connectivity index (χ0n) is 12.6. The summed E-state index contributed by atoms with van der Waals surface area (Å²) in [6.45, 7) is 1.50. The van der Waals surface area contributed by atoms with Gasteiger partial charge in [0.15, 0.2) is 0 Å². The van der Waals surface area contributed by atoms with E-state index in [1.807, 2.05) is 37.3 Å². The quantitative estimate of drug-likeness (QED) is 0.781. The van der Waals surface area contributed by atoms with Crippen LogP contribution in [0.15, 0.2) is 48.5 Å². The molecule has 0 aliphatic heterocycles. The first-order valence-electron chi connectivity index (χ1n) is 7.19. The van der Waals surface area contributed by atoms with Crippen LogP contribution in [-0.2, 0) is 0 Å². The lowest BCUT2D eigenvalue weighted by molar-refractivity contribution is 0.214. The minimum atomic E-state index is -0.718. The molecule has 0 radical (unpaired) electrons. The molecule has 0 saturated carbocycles. The van der Waals surface area contributed by atoms with E-state index in [4.69, 9.17) is 11.6 Å². The molecule has 23 heavy (non-hydrogen) atoms. The molecule has 2 amide bonds. The first kappa shape index (κ1) is 17.2. The highest BCUT2D eigenvalue weighted by Gasteiger charge is 2.17. The number of hydrogen-bond donors (Lipinski definition) is 3. The predicted molar refractivity (Wildman–Crippen MR) is 87.8 cm³/mol. The van der Waals surface area contributed by atoms with Crippen LogP contribution in [0.5, 0.6) is 0 Å². The van der Waals surface area contributed by atoms with Crippen LogP contribution in [-0.4, -0.2) is 17.7 Å². The molecule has 122 valence electrons. The Kier molecular flexibility index (Phi) is 5.96. The molecule has 0 heterocycles. The van der Waals surface area contributed by atoms with Crippen molar-refractivity contribution in [3.63, 3.8) is 0 Å². The topological polar surface area (TPSA) is 61.4 Å². The highest BCUT2D eigenvalue weighted by molar-refractivity contribution is 6.30. The van der Waals surface area contributed by atoms with E-state index in [0.717, 1.165) is 5.56 Å². The summed E-state index contributed by atoms with van der Waals surface area (Å²) >= 11 is 5.63. The highest BCUT2D eigenvalue weighted by Crippen LogP contribution is 2.20. The number of urea groups is 1. The summed E-state index contributed by atoms with van der Waals surface area (Å²) in [6.07, 6.45) is 0. The number of halogens is 2. The number of carbonyl (C=O) groups excluding carboxylic acids is 1. The smallest absolute Gasteiger partial charge is 0.315 e. The lowest BCUT2D eigenvalue weighted by atomic mass is 10.1. The van der Waals surface area contributed by atoms with Gasteiger partial charge in [0.05, 0.1) is 23.7 Å². The van der Waals surface area contributed by atoms with E-state index < -0.39 is 17.9 Å². The lowest BCUT2D eigenvalue weighted by Crippen LogP contribution is -2.40. The van der Waals surface area contributed by atoms with Crippen molar-refractivity contribution in [3.05, 3.63) is 70.5 Å². The maximum Gasteiger partial charge on any atom is 0.315 e. The van der Waals surface area contributed by atoms with Crippen molar-refractivity contribution in [2.75, 3.05) is 6.61 Å². The maximum atomic E-state index is 13.5. The molecule has 2 aromatic rings. The number of rotatable bonds is 5. The number of aliphatic hydroxyl groups is 1. The normalized spacial score (nSPS) is 13.2. The molecular formula is C17H18ClFN2O2. The van der Waals surface area contributed by atoms with Crippen molar-refractivity contribution in [2.45, 2.75) is 19.0 Å². The minimum Gasteiger partial charge on any atom is -0.394 e. The van der Waals surface area contributed by atoms with Gasteiger partial charge in [-0.3, -0.25) is 0 Å². The van der Waals surface area contributed by atoms with Gasteiger partial charge in [0, 0.05) is 0 Å². The molecule has 6 heteroatoms. The predicted octanol–water partition coefficient (Wildman–Crippen LogP) is 3.57. The number of amides is 2. The molecule has 0 aliphatic carbocycles. The van der Waals surface area contributed by atoms with Gasteiger partial charge in [-0.05, 0) is 30.2 Å². The average molecular weight is 337 g/mol. The number of nitrogens with one attached hydrogen (secondary N) is 2. The number of carbonyl (C=O) groups is 1. The van der Waals surface area contributed by atoms with E-state index in [1.165, 1.54) is 12.1 Å². The molecule has 0 aromatic heterocycles. The highest BCUT2D eigenvalue weighted by atomic mass is 35.5. The van der Waals surface area contributed by atoms with Crippen molar-refractivity contribution in [2.24, 2.45) is 0 Å². The van der Waals surface area contributed by atoms with Crippen LogP contribution < -0.4 is 10.6 Å². The number of hydrogen-bond acceptors (Lipinski definition) is 2. The summed E-state index contributed by atoms with van der Waals surface area (Å²) in [5.74, 6) is -0.595. The number of benzene rings is 2. The van der Waals surface area contributed by atoms with Crippen molar-refractivity contribution >= 4 is 17.6 Å². The molecule has 0 fully saturated rings. The molecule has 0 saturated heterocycles. The summed E-state index contributed by atoms with van der Waals surface area (Å²) in [6, 6.07) is 12.3. The van der Waals surface area contributed by atoms with E-state index in [0.29, 0.717) is 5.56 Å². The van der Waals surface area contributed by atoms with Gasteiger partial charge in [-0.2, -0.15) is 0 Å².